The fourth-order valence-corrected chi connectivity index (χ4v) is 7.25. The fraction of sp³-hybridized carbons (Fsp3) is 0.524. The van der Waals surface area contributed by atoms with Gasteiger partial charge in [-0.05, 0) is 72.6 Å². The van der Waals surface area contributed by atoms with E-state index >= 15 is 0 Å². The Morgan fingerprint density at radius 2 is 1.07 bits per heavy atom. The van der Waals surface area contributed by atoms with Crippen molar-refractivity contribution in [3.05, 3.63) is 70.8 Å². The van der Waals surface area contributed by atoms with Crippen LogP contribution in [0.4, 0.5) is 9.59 Å². The minimum Gasteiger partial charge on any atom is -0.453 e. The van der Waals surface area contributed by atoms with Crippen LogP contribution in [0.1, 0.15) is 113 Å². The molecule has 0 aliphatic carbocycles. The monoisotopic (exact) mass is 766 g/mol. The lowest BCUT2D eigenvalue weighted by Crippen LogP contribution is -2.51. The van der Waals surface area contributed by atoms with Crippen LogP contribution in [0.2, 0.25) is 0 Å². The van der Waals surface area contributed by atoms with Gasteiger partial charge < -0.3 is 39.9 Å². The number of nitrogens with one attached hydrogen (secondary N) is 4. The molecule has 0 bridgehead atoms. The molecular weight excluding hydrogens is 713 g/mol. The number of aromatic amines is 2. The molecule has 0 radical (unpaired) electrons. The normalized spacial score (nSPS) is 20.1. The number of rotatable bonds is 10. The highest BCUT2D eigenvalue weighted by Gasteiger charge is 2.42. The van der Waals surface area contributed by atoms with Crippen molar-refractivity contribution >= 4 is 24.0 Å². The van der Waals surface area contributed by atoms with E-state index in [1.165, 1.54) is 14.2 Å². The second-order valence-corrected chi connectivity index (χ2v) is 15.2. The number of methoxy groups -OCH3 is 2. The average Bonchev–Trinajstić information content (AvgIpc) is 4.02. The molecule has 1 aromatic carbocycles. The van der Waals surface area contributed by atoms with Crippen LogP contribution in [0, 0.1) is 47.4 Å². The molecule has 4 amide bonds. The zero-order valence-electron chi connectivity index (χ0n) is 33.6. The smallest absolute Gasteiger partial charge is 0.407 e. The van der Waals surface area contributed by atoms with Crippen molar-refractivity contribution in [2.24, 2.45) is 23.7 Å². The molecule has 0 saturated carbocycles. The first-order chi connectivity index (χ1) is 26.8. The molecule has 3 aromatic rings. The van der Waals surface area contributed by atoms with Crippen molar-refractivity contribution in [1.82, 2.24) is 40.4 Å². The lowest BCUT2D eigenvalue weighted by molar-refractivity contribution is -0.136. The molecule has 6 atom stereocenters. The van der Waals surface area contributed by atoms with Gasteiger partial charge in [0.2, 0.25) is 11.8 Å². The number of imidazole rings is 2. The number of alkyl carbamates (subject to hydrolysis) is 2. The summed E-state index contributed by atoms with van der Waals surface area (Å²) in [6, 6.07) is 5.66. The minimum absolute atomic E-state index is 0.125. The third-order valence-electron chi connectivity index (χ3n) is 10.7. The van der Waals surface area contributed by atoms with Crippen molar-refractivity contribution in [2.45, 2.75) is 91.4 Å². The van der Waals surface area contributed by atoms with E-state index in [1.54, 1.807) is 12.4 Å². The van der Waals surface area contributed by atoms with E-state index < -0.39 is 24.3 Å². The third-order valence-corrected chi connectivity index (χ3v) is 10.7. The molecule has 298 valence electrons. The third kappa shape index (κ3) is 9.91. The van der Waals surface area contributed by atoms with Gasteiger partial charge in [0.05, 0.1) is 38.7 Å². The van der Waals surface area contributed by atoms with Gasteiger partial charge in [-0.15, -0.1) is 0 Å². The van der Waals surface area contributed by atoms with E-state index in [4.69, 9.17) is 9.47 Å². The molecule has 56 heavy (non-hydrogen) atoms. The average molecular weight is 767 g/mol. The van der Waals surface area contributed by atoms with Crippen LogP contribution in [0.3, 0.4) is 0 Å². The van der Waals surface area contributed by atoms with Crippen LogP contribution in [-0.2, 0) is 19.1 Å². The van der Waals surface area contributed by atoms with E-state index in [0.717, 1.165) is 36.8 Å². The molecule has 5 rings (SSSR count). The van der Waals surface area contributed by atoms with E-state index in [9.17, 15) is 19.2 Å². The molecule has 14 nitrogen and oxygen atoms in total. The number of hydrogen-bond donors (Lipinski definition) is 4. The number of aromatic nitrogens is 4. The van der Waals surface area contributed by atoms with Crippen LogP contribution < -0.4 is 10.6 Å². The van der Waals surface area contributed by atoms with Crippen molar-refractivity contribution in [1.29, 1.82) is 0 Å². The van der Waals surface area contributed by atoms with E-state index in [0.29, 0.717) is 48.0 Å². The number of carbonyl (C=O) groups excluding carboxylic acids is 4. The van der Waals surface area contributed by atoms with Gasteiger partial charge in [-0.1, -0.05) is 66.2 Å². The first-order valence-electron chi connectivity index (χ1n) is 19.4. The fourth-order valence-electron chi connectivity index (χ4n) is 7.25. The maximum atomic E-state index is 13.7. The van der Waals surface area contributed by atoms with E-state index in [-0.39, 0.29) is 35.7 Å². The van der Waals surface area contributed by atoms with Gasteiger partial charge in [-0.2, -0.15) is 0 Å². The predicted molar refractivity (Wildman–Crippen MR) is 210 cm³/mol. The Morgan fingerprint density at radius 3 is 1.39 bits per heavy atom. The van der Waals surface area contributed by atoms with Crippen LogP contribution in [-0.4, -0.2) is 93.1 Å². The van der Waals surface area contributed by atoms with E-state index in [1.807, 2.05) is 61.8 Å². The number of amides is 4. The quantitative estimate of drug-likeness (QED) is 0.201. The van der Waals surface area contributed by atoms with Crippen molar-refractivity contribution < 1.29 is 28.7 Å². The second kappa shape index (κ2) is 18.7. The van der Waals surface area contributed by atoms with Crippen LogP contribution in [0.25, 0.3) is 0 Å². The van der Waals surface area contributed by atoms with Gasteiger partial charge in [0.15, 0.2) is 0 Å². The Bertz CT molecular complexity index is 1840. The van der Waals surface area contributed by atoms with Gasteiger partial charge in [-0.25, -0.2) is 19.6 Å². The van der Waals surface area contributed by atoms with Crippen LogP contribution in [0.5, 0.6) is 0 Å². The summed E-state index contributed by atoms with van der Waals surface area (Å²) < 4.78 is 9.54. The molecule has 0 spiro atoms. The molecule has 4 heterocycles. The van der Waals surface area contributed by atoms with Crippen molar-refractivity contribution in [3.8, 4) is 23.7 Å². The number of likely N-dealkylation sites (tertiary alicyclic amines) is 2. The molecule has 2 saturated heterocycles. The highest BCUT2D eigenvalue weighted by molar-refractivity contribution is 5.87. The van der Waals surface area contributed by atoms with Crippen molar-refractivity contribution in [3.63, 3.8) is 0 Å². The predicted octanol–water partition coefficient (Wildman–Crippen LogP) is 5.29. The summed E-state index contributed by atoms with van der Waals surface area (Å²) in [5.74, 6) is 14.0. The summed E-state index contributed by atoms with van der Waals surface area (Å²) in [7, 11) is 2.57. The molecule has 2 aromatic heterocycles. The molecule has 0 unspecified atom stereocenters. The number of hydrogen-bond acceptors (Lipinski definition) is 8. The molecule has 4 N–H and O–H groups in total. The van der Waals surface area contributed by atoms with Crippen LogP contribution >= 0.6 is 0 Å². The lowest BCUT2D eigenvalue weighted by atomic mass is 10.0. The zero-order chi connectivity index (χ0) is 40.5. The molecule has 2 aliphatic heterocycles. The maximum Gasteiger partial charge on any atom is 0.407 e. The van der Waals surface area contributed by atoms with Crippen molar-refractivity contribution in [2.75, 3.05) is 27.3 Å². The molecule has 2 aliphatic rings. The molecule has 2 fully saturated rings. The Morgan fingerprint density at radius 1 is 0.696 bits per heavy atom. The lowest BCUT2D eigenvalue weighted by Gasteiger charge is -2.30. The Balaban J connectivity index is 1.24. The van der Waals surface area contributed by atoms with Gasteiger partial charge in [0.1, 0.15) is 35.1 Å². The molecular formula is C42H54N8O6. The largest absolute Gasteiger partial charge is 0.453 e. The second-order valence-electron chi connectivity index (χ2n) is 15.2. The highest BCUT2D eigenvalue weighted by Crippen LogP contribution is 2.37. The van der Waals surface area contributed by atoms with E-state index in [2.05, 4.69) is 68.1 Å². The number of ether oxygens (including phenoxy) is 2. The first-order valence-corrected chi connectivity index (χ1v) is 19.4. The van der Waals surface area contributed by atoms with Crippen LogP contribution in [0.15, 0.2) is 36.7 Å². The topological polar surface area (TPSA) is 175 Å². The summed E-state index contributed by atoms with van der Waals surface area (Å²) >= 11 is 0. The summed E-state index contributed by atoms with van der Waals surface area (Å²) in [5, 5.41) is 5.40. The highest BCUT2D eigenvalue weighted by atomic mass is 16.5. The summed E-state index contributed by atoms with van der Waals surface area (Å²) in [4.78, 5) is 70.8. The minimum atomic E-state index is -0.713. The standard InChI is InChI=1S/C42H54N8O6/c1-9-27-19-33(49(23-27)39(51)35(25(3)4)47-41(53)55-7)37-43-21-31(45-37)17-15-29-11-13-30(14-12-29)16-18-32-22-44-38(46-32)34-20-28(10-2)24-50(34)40(52)36(26(5)6)48-42(54)56-8/h11-14,21-22,25-28,33-36H,9-10,19-20,23-24H2,1-8H3,(H,43,45)(H,44,46)(H,47,53)(H,48,54)/t27-,28-,33-,34-,35-,36-/m0/s1. The summed E-state index contributed by atoms with van der Waals surface area (Å²) in [6.07, 6.45) is 5.47. The number of benzene rings is 1. The Kier molecular flexibility index (Phi) is 13.8. The van der Waals surface area contributed by atoms with Gasteiger partial charge in [0.25, 0.3) is 0 Å². The Hall–Kier alpha value is -5.76. The number of carbonyl (C=O) groups is 4. The Labute approximate surface area is 329 Å². The number of nitrogens with zero attached hydrogens (tertiary/aromatic N) is 4. The molecule has 14 heteroatoms. The number of H-pyrrole nitrogens is 2. The van der Waals surface area contributed by atoms with Gasteiger partial charge in [-0.3, -0.25) is 9.59 Å². The SMILES string of the molecule is CC[C@H]1C[C@@H](c2ncc(C#Cc3ccc(C#Cc4cnc([C@@H]5C[C@H](CC)CN5C(=O)[C@@H](NC(=O)OC)C(C)C)[nH]4)cc3)[nH]2)N(C(=O)[C@@H](NC(=O)OC)C(C)C)C1. The van der Waals surface area contributed by atoms with Gasteiger partial charge >= 0.3 is 12.2 Å². The summed E-state index contributed by atoms with van der Waals surface area (Å²) in [6.45, 7) is 13.0. The van der Waals surface area contributed by atoms with Gasteiger partial charge in [0, 0.05) is 24.2 Å². The zero-order valence-corrected chi connectivity index (χ0v) is 33.6. The summed E-state index contributed by atoms with van der Waals surface area (Å²) in [5.41, 5.74) is 2.86. The maximum absolute atomic E-state index is 13.7. The first kappa shape index (κ1) is 41.4.